The van der Waals surface area contributed by atoms with E-state index in [1.807, 2.05) is 38.1 Å². The predicted octanol–water partition coefficient (Wildman–Crippen LogP) is 4.15. The molecule has 1 aliphatic carbocycles. The smallest absolute Gasteiger partial charge is 0.262 e. The van der Waals surface area contributed by atoms with Crippen LogP contribution in [0.4, 0.5) is 5.69 Å². The number of thiophene rings is 1. The molecule has 7 heteroatoms. The van der Waals surface area contributed by atoms with Gasteiger partial charge in [0.25, 0.3) is 5.56 Å². The van der Waals surface area contributed by atoms with E-state index in [2.05, 4.69) is 10.3 Å². The number of carbonyl (C=O) groups excluding carboxylic acids is 1. The molecular weight excluding hydrogens is 386 g/mol. The second kappa shape index (κ2) is 8.37. The number of rotatable bonds is 6. The molecule has 152 valence electrons. The minimum atomic E-state index is -0.163. The molecule has 1 N–H and O–H groups in total. The van der Waals surface area contributed by atoms with Crippen LogP contribution >= 0.6 is 11.3 Å². The van der Waals surface area contributed by atoms with E-state index in [9.17, 15) is 9.59 Å². The third-order valence-electron chi connectivity index (χ3n) is 5.05. The fourth-order valence-electron chi connectivity index (χ4n) is 3.70. The molecule has 0 aliphatic heterocycles. The van der Waals surface area contributed by atoms with Gasteiger partial charge < -0.3 is 10.1 Å². The molecule has 6 nitrogen and oxygen atoms in total. The van der Waals surface area contributed by atoms with Crippen molar-refractivity contribution in [3.63, 3.8) is 0 Å². The molecule has 3 aromatic rings. The number of benzene rings is 1. The van der Waals surface area contributed by atoms with Crippen LogP contribution in [0.5, 0.6) is 5.75 Å². The van der Waals surface area contributed by atoms with Crippen LogP contribution in [0.25, 0.3) is 10.2 Å². The van der Waals surface area contributed by atoms with E-state index < -0.39 is 0 Å². The molecule has 0 saturated heterocycles. The number of anilines is 1. The number of carbonyl (C=O) groups is 1. The normalized spacial score (nSPS) is 13.5. The number of fused-ring (bicyclic) bond motifs is 3. The number of para-hydroxylation sites is 2. The topological polar surface area (TPSA) is 73.2 Å². The highest BCUT2D eigenvalue weighted by Gasteiger charge is 2.20. The summed E-state index contributed by atoms with van der Waals surface area (Å²) in [6, 6.07) is 7.37. The van der Waals surface area contributed by atoms with Crippen LogP contribution in [0.3, 0.4) is 0 Å². The van der Waals surface area contributed by atoms with Crippen molar-refractivity contribution < 1.29 is 9.53 Å². The lowest BCUT2D eigenvalue weighted by atomic mass is 9.97. The second-order valence-electron chi connectivity index (χ2n) is 7.60. The molecule has 0 radical (unpaired) electrons. The van der Waals surface area contributed by atoms with E-state index in [0.717, 1.165) is 29.5 Å². The highest BCUT2D eigenvalue weighted by Crippen LogP contribution is 2.33. The minimum absolute atomic E-state index is 0.0148. The third-order valence-corrected chi connectivity index (χ3v) is 6.25. The Morgan fingerprint density at radius 3 is 2.90 bits per heavy atom. The molecule has 0 atom stereocenters. The molecule has 0 spiro atoms. The fourth-order valence-corrected chi connectivity index (χ4v) is 4.92. The molecule has 4 rings (SSSR count). The van der Waals surface area contributed by atoms with Crippen LogP contribution < -0.4 is 15.6 Å². The number of amides is 1. The first-order chi connectivity index (χ1) is 14.0. The van der Waals surface area contributed by atoms with Gasteiger partial charge >= 0.3 is 0 Å². The van der Waals surface area contributed by atoms with Gasteiger partial charge in [0.2, 0.25) is 5.91 Å². The molecule has 0 fully saturated rings. The summed E-state index contributed by atoms with van der Waals surface area (Å²) >= 11 is 1.64. The molecule has 0 bridgehead atoms. The number of hydrogen-bond acceptors (Lipinski definition) is 5. The Morgan fingerprint density at radius 1 is 1.28 bits per heavy atom. The van der Waals surface area contributed by atoms with Gasteiger partial charge in [0.05, 0.1) is 23.5 Å². The summed E-state index contributed by atoms with van der Waals surface area (Å²) in [4.78, 5) is 32.1. The molecule has 1 amide bonds. The first-order valence-corrected chi connectivity index (χ1v) is 10.9. The monoisotopic (exact) mass is 411 g/mol. The summed E-state index contributed by atoms with van der Waals surface area (Å²) in [6.45, 7) is 4.18. The van der Waals surface area contributed by atoms with Gasteiger partial charge in [0, 0.05) is 17.8 Å². The van der Waals surface area contributed by atoms with Crippen molar-refractivity contribution in [2.24, 2.45) is 0 Å². The van der Waals surface area contributed by atoms with Crippen LogP contribution in [0.1, 0.15) is 43.6 Å². The summed E-state index contributed by atoms with van der Waals surface area (Å²) in [5.74, 6) is 0.477. The predicted molar refractivity (Wildman–Crippen MR) is 116 cm³/mol. The first kappa shape index (κ1) is 19.6. The SMILES string of the molecule is CC(C)Oc1ccccc1NC(=O)CCn1cnc2sc3c(c2c1=O)CCCC3. The molecule has 1 aliphatic rings. The van der Waals surface area contributed by atoms with Crippen molar-refractivity contribution in [2.45, 2.75) is 58.6 Å². The van der Waals surface area contributed by atoms with Gasteiger partial charge in [-0.15, -0.1) is 11.3 Å². The number of nitrogens with zero attached hydrogens (tertiary/aromatic N) is 2. The molecule has 0 saturated carbocycles. The second-order valence-corrected chi connectivity index (χ2v) is 8.68. The fraction of sp³-hybridized carbons (Fsp3) is 0.409. The van der Waals surface area contributed by atoms with E-state index in [1.165, 1.54) is 16.9 Å². The van der Waals surface area contributed by atoms with Gasteiger partial charge in [-0.2, -0.15) is 0 Å². The van der Waals surface area contributed by atoms with Gasteiger partial charge in [0.15, 0.2) is 0 Å². The van der Waals surface area contributed by atoms with Crippen molar-refractivity contribution in [3.8, 4) is 5.75 Å². The highest BCUT2D eigenvalue weighted by atomic mass is 32.1. The lowest BCUT2D eigenvalue weighted by Crippen LogP contribution is -2.24. The highest BCUT2D eigenvalue weighted by molar-refractivity contribution is 7.18. The van der Waals surface area contributed by atoms with E-state index in [-0.39, 0.29) is 24.0 Å². The Bertz CT molecular complexity index is 1100. The van der Waals surface area contributed by atoms with Crippen LogP contribution in [0.15, 0.2) is 35.4 Å². The number of aromatic nitrogens is 2. The molecular formula is C22H25N3O3S. The first-order valence-electron chi connectivity index (χ1n) is 10.1. The maximum absolute atomic E-state index is 13.0. The van der Waals surface area contributed by atoms with Crippen molar-refractivity contribution in [1.29, 1.82) is 0 Å². The molecule has 2 aromatic heterocycles. The Hall–Kier alpha value is -2.67. The van der Waals surface area contributed by atoms with E-state index in [1.54, 1.807) is 22.2 Å². The molecule has 2 heterocycles. The zero-order chi connectivity index (χ0) is 20.4. The molecule has 0 unspecified atom stereocenters. The van der Waals surface area contributed by atoms with Crippen LogP contribution in [0.2, 0.25) is 0 Å². The Morgan fingerprint density at radius 2 is 2.07 bits per heavy atom. The van der Waals surface area contributed by atoms with Crippen LogP contribution in [-0.2, 0) is 24.2 Å². The van der Waals surface area contributed by atoms with Gasteiger partial charge in [0.1, 0.15) is 10.6 Å². The summed E-state index contributed by atoms with van der Waals surface area (Å²) in [5.41, 5.74) is 1.78. The van der Waals surface area contributed by atoms with Gasteiger partial charge in [-0.3, -0.25) is 14.2 Å². The summed E-state index contributed by atoms with van der Waals surface area (Å²) < 4.78 is 7.30. The lowest BCUT2D eigenvalue weighted by molar-refractivity contribution is -0.116. The number of hydrogen-bond donors (Lipinski definition) is 1. The quantitative estimate of drug-likeness (QED) is 0.661. The summed E-state index contributed by atoms with van der Waals surface area (Å²) in [6.07, 6.45) is 6.05. The number of nitrogens with one attached hydrogen (secondary N) is 1. The maximum Gasteiger partial charge on any atom is 0.262 e. The van der Waals surface area contributed by atoms with E-state index in [4.69, 9.17) is 4.74 Å². The summed E-state index contributed by atoms with van der Waals surface area (Å²) in [7, 11) is 0. The van der Waals surface area contributed by atoms with E-state index >= 15 is 0 Å². The third kappa shape index (κ3) is 4.19. The van der Waals surface area contributed by atoms with Gasteiger partial charge in [-0.05, 0) is 57.2 Å². The average molecular weight is 412 g/mol. The van der Waals surface area contributed by atoms with Crippen LogP contribution in [-0.4, -0.2) is 21.6 Å². The average Bonchev–Trinajstić information content (AvgIpc) is 3.08. The zero-order valence-corrected chi connectivity index (χ0v) is 17.6. The standard InChI is InChI=1S/C22H25N3O3S/c1-14(2)28-17-9-5-4-8-16(17)24-19(26)11-12-25-13-23-21-20(22(25)27)15-7-3-6-10-18(15)29-21/h4-5,8-9,13-14H,3,6-7,10-12H2,1-2H3,(H,24,26). The lowest BCUT2D eigenvalue weighted by Gasteiger charge is -2.15. The number of aryl methyl sites for hydroxylation is 3. The maximum atomic E-state index is 13.0. The van der Waals surface area contributed by atoms with Crippen molar-refractivity contribution in [3.05, 3.63) is 51.4 Å². The largest absolute Gasteiger partial charge is 0.489 e. The minimum Gasteiger partial charge on any atom is -0.489 e. The zero-order valence-electron chi connectivity index (χ0n) is 16.7. The summed E-state index contributed by atoms with van der Waals surface area (Å²) in [5, 5.41) is 3.64. The van der Waals surface area contributed by atoms with Crippen molar-refractivity contribution in [1.82, 2.24) is 9.55 Å². The van der Waals surface area contributed by atoms with Crippen LogP contribution in [0, 0.1) is 0 Å². The van der Waals surface area contributed by atoms with E-state index in [0.29, 0.717) is 18.0 Å². The molecule has 1 aromatic carbocycles. The van der Waals surface area contributed by atoms with Crippen molar-refractivity contribution in [2.75, 3.05) is 5.32 Å². The van der Waals surface area contributed by atoms with Gasteiger partial charge in [-0.25, -0.2) is 4.98 Å². The Balaban J connectivity index is 1.48. The number of ether oxygens (including phenoxy) is 1. The molecule has 29 heavy (non-hydrogen) atoms. The Labute approximate surface area is 173 Å². The van der Waals surface area contributed by atoms with Crippen molar-refractivity contribution >= 4 is 33.1 Å². The Kier molecular flexibility index (Phi) is 5.67. The van der Waals surface area contributed by atoms with Gasteiger partial charge in [-0.1, -0.05) is 12.1 Å².